The van der Waals surface area contributed by atoms with Crippen LogP contribution in [0.5, 0.6) is 0 Å². The van der Waals surface area contributed by atoms with Crippen LogP contribution in [0.25, 0.3) is 0 Å². The minimum atomic E-state index is 0. The summed E-state index contributed by atoms with van der Waals surface area (Å²) in [6, 6.07) is 0. The van der Waals surface area contributed by atoms with Gasteiger partial charge in [0.2, 0.25) is 0 Å². The molecule has 0 amide bonds. The van der Waals surface area contributed by atoms with Crippen molar-refractivity contribution in [3.8, 4) is 0 Å². The monoisotopic (exact) mass is 196 g/mol. The van der Waals surface area contributed by atoms with Crippen LogP contribution in [-0.2, 0) is 0 Å². The third-order valence-electron chi connectivity index (χ3n) is 1.000. The van der Waals surface area contributed by atoms with Gasteiger partial charge in [0.05, 0.1) is 0 Å². The molecule has 1 aliphatic carbocycles. The maximum absolute atomic E-state index is 1.50. The summed E-state index contributed by atoms with van der Waals surface area (Å²) < 4.78 is 0. The van der Waals surface area contributed by atoms with Gasteiger partial charge in [0, 0.05) is 0 Å². The van der Waals surface area contributed by atoms with Crippen LogP contribution in [0.2, 0.25) is 0 Å². The molecule has 0 nitrogen and oxygen atoms in total. The maximum atomic E-state index is 1.50. The molecule has 28 valence electrons. The average Bonchev–Trinajstić information content (AvgIpc) is 0.722. The van der Waals surface area contributed by atoms with Crippen LogP contribution in [0.3, 0.4) is 0 Å². The zero-order chi connectivity index (χ0) is 2.83. The molecule has 0 unspecified atom stereocenters. The van der Waals surface area contributed by atoms with Gasteiger partial charge in [-0.2, -0.15) is 0 Å². The van der Waals surface area contributed by atoms with Gasteiger partial charge in [-0.15, -0.1) is 0 Å². The van der Waals surface area contributed by atoms with Gasteiger partial charge in [0.1, 0.15) is 0 Å². The standard InChI is InChI=1S/C4H8.Ba.2H/c1-2-4-3-1;;;/h1-4H2;;;. The number of hydrogen-bond acceptors (Lipinski definition) is 0. The molecule has 0 spiro atoms. The van der Waals surface area contributed by atoms with Gasteiger partial charge >= 0.3 is 48.9 Å². The quantitative estimate of drug-likeness (QED) is 0.498. The van der Waals surface area contributed by atoms with Crippen LogP contribution >= 0.6 is 0 Å². The molecule has 1 fully saturated rings. The molecular weight excluding hydrogens is 185 g/mol. The van der Waals surface area contributed by atoms with Crippen LogP contribution in [0.4, 0.5) is 0 Å². The van der Waals surface area contributed by atoms with Gasteiger partial charge in [-0.05, 0) is 0 Å². The van der Waals surface area contributed by atoms with Crippen LogP contribution in [0.1, 0.15) is 25.7 Å². The fourth-order valence-corrected chi connectivity index (χ4v) is 0.250. The SMILES string of the molecule is C1CCC1.[BaH2]. The van der Waals surface area contributed by atoms with Gasteiger partial charge < -0.3 is 0 Å². The first-order valence-electron chi connectivity index (χ1n) is 2.00. The van der Waals surface area contributed by atoms with Gasteiger partial charge in [-0.1, -0.05) is 25.7 Å². The summed E-state index contributed by atoms with van der Waals surface area (Å²) in [6.07, 6.45) is 6.00. The van der Waals surface area contributed by atoms with Crippen LogP contribution < -0.4 is 0 Å². The summed E-state index contributed by atoms with van der Waals surface area (Å²) in [6.45, 7) is 0. The summed E-state index contributed by atoms with van der Waals surface area (Å²) in [5.74, 6) is 0. The molecule has 0 heterocycles. The second-order valence-corrected chi connectivity index (χ2v) is 1.41. The van der Waals surface area contributed by atoms with Crippen LogP contribution in [0, 0.1) is 0 Å². The van der Waals surface area contributed by atoms with E-state index in [2.05, 4.69) is 0 Å². The average molecular weight is 195 g/mol. The molecule has 1 heteroatoms. The molecule has 1 aliphatic rings. The van der Waals surface area contributed by atoms with E-state index in [9.17, 15) is 0 Å². The first kappa shape index (κ1) is 6.57. The topological polar surface area (TPSA) is 0 Å². The molecule has 0 aromatic carbocycles. The minimum absolute atomic E-state index is 0. The number of hydrogen-bond donors (Lipinski definition) is 0. The Balaban J connectivity index is 0.000000160. The van der Waals surface area contributed by atoms with E-state index in [1.807, 2.05) is 0 Å². The third-order valence-corrected chi connectivity index (χ3v) is 1.000. The second-order valence-electron chi connectivity index (χ2n) is 1.41. The Morgan fingerprint density at radius 2 is 0.800 bits per heavy atom. The Morgan fingerprint density at radius 3 is 0.800 bits per heavy atom. The molecule has 0 saturated heterocycles. The van der Waals surface area contributed by atoms with E-state index in [1.165, 1.54) is 25.7 Å². The molecule has 5 heavy (non-hydrogen) atoms. The molecule has 0 N–H and O–H groups in total. The summed E-state index contributed by atoms with van der Waals surface area (Å²) in [4.78, 5) is 0. The van der Waals surface area contributed by atoms with Gasteiger partial charge in [-0.25, -0.2) is 0 Å². The van der Waals surface area contributed by atoms with Crippen molar-refractivity contribution in [3.63, 3.8) is 0 Å². The number of rotatable bonds is 0. The fraction of sp³-hybridized carbons (Fsp3) is 1.00. The van der Waals surface area contributed by atoms with Crippen molar-refractivity contribution >= 4 is 48.9 Å². The predicted octanol–water partition coefficient (Wildman–Crippen LogP) is 0.644. The molecule has 0 radical (unpaired) electrons. The molecule has 0 atom stereocenters. The van der Waals surface area contributed by atoms with E-state index in [0.29, 0.717) is 0 Å². The Kier molecular flexibility index (Phi) is 4.93. The molecular formula is C4H10Ba. The molecule has 0 bridgehead atoms. The van der Waals surface area contributed by atoms with Gasteiger partial charge in [-0.3, -0.25) is 0 Å². The van der Waals surface area contributed by atoms with E-state index in [0.717, 1.165) is 0 Å². The predicted molar refractivity (Wildman–Crippen MR) is 27.0 cm³/mol. The van der Waals surface area contributed by atoms with Crippen molar-refractivity contribution in [2.24, 2.45) is 0 Å². The summed E-state index contributed by atoms with van der Waals surface area (Å²) >= 11 is 0. The van der Waals surface area contributed by atoms with Crippen molar-refractivity contribution in [2.75, 3.05) is 0 Å². The zero-order valence-corrected chi connectivity index (χ0v) is 2.83. The Labute approximate surface area is 73.4 Å². The van der Waals surface area contributed by atoms with E-state index < -0.39 is 0 Å². The van der Waals surface area contributed by atoms with Gasteiger partial charge in [0.25, 0.3) is 0 Å². The molecule has 0 aromatic heterocycles. The van der Waals surface area contributed by atoms with E-state index >= 15 is 0 Å². The Morgan fingerprint density at radius 1 is 0.600 bits per heavy atom. The van der Waals surface area contributed by atoms with E-state index in [-0.39, 0.29) is 48.9 Å². The first-order valence-corrected chi connectivity index (χ1v) is 2.00. The molecule has 1 saturated carbocycles. The molecule has 1 rings (SSSR count). The van der Waals surface area contributed by atoms with E-state index in [1.54, 1.807) is 0 Å². The Hall–Kier alpha value is 1.57. The van der Waals surface area contributed by atoms with Crippen LogP contribution in [-0.4, -0.2) is 48.9 Å². The van der Waals surface area contributed by atoms with Crippen molar-refractivity contribution in [2.45, 2.75) is 25.7 Å². The summed E-state index contributed by atoms with van der Waals surface area (Å²) in [5.41, 5.74) is 0. The van der Waals surface area contributed by atoms with Crippen molar-refractivity contribution in [3.05, 3.63) is 0 Å². The molecule has 0 aliphatic heterocycles. The molecule has 0 aromatic rings. The summed E-state index contributed by atoms with van der Waals surface area (Å²) in [5, 5.41) is 0. The van der Waals surface area contributed by atoms with Crippen molar-refractivity contribution < 1.29 is 0 Å². The third kappa shape index (κ3) is 2.29. The van der Waals surface area contributed by atoms with E-state index in [4.69, 9.17) is 0 Å². The van der Waals surface area contributed by atoms with Gasteiger partial charge in [0.15, 0.2) is 0 Å². The zero-order valence-electron chi connectivity index (χ0n) is 2.83. The van der Waals surface area contributed by atoms with Crippen molar-refractivity contribution in [1.29, 1.82) is 0 Å². The fourth-order valence-electron chi connectivity index (χ4n) is 0.250. The normalized spacial score (nSPS) is 19.2. The first-order chi connectivity index (χ1) is 2.00. The second kappa shape index (κ2) is 3.75. The summed E-state index contributed by atoms with van der Waals surface area (Å²) in [7, 11) is 0. The Bertz CT molecular complexity index is 11.6. The van der Waals surface area contributed by atoms with Crippen molar-refractivity contribution in [1.82, 2.24) is 0 Å². The van der Waals surface area contributed by atoms with Crippen LogP contribution in [0.15, 0.2) is 0 Å².